The lowest BCUT2D eigenvalue weighted by molar-refractivity contribution is -0.171. The van der Waals surface area contributed by atoms with Gasteiger partial charge in [-0.3, -0.25) is 4.79 Å². The third kappa shape index (κ3) is 7.40. The highest BCUT2D eigenvalue weighted by Gasteiger charge is 2.34. The second-order valence-corrected chi connectivity index (χ2v) is 6.09. The molecule has 0 aromatic rings. The number of rotatable bonds is 4. The van der Waals surface area contributed by atoms with Crippen molar-refractivity contribution in [2.24, 2.45) is 11.3 Å². The van der Waals surface area contributed by atoms with Gasteiger partial charge in [0.2, 0.25) is 0 Å². The van der Waals surface area contributed by atoms with E-state index >= 15 is 0 Å². The maximum absolute atomic E-state index is 11.8. The predicted molar refractivity (Wildman–Crippen MR) is 75.0 cm³/mol. The van der Waals surface area contributed by atoms with Gasteiger partial charge in [-0.05, 0) is 40.0 Å². The fraction of sp³-hybridized carbons (Fsp3) is 0.933. The summed E-state index contributed by atoms with van der Waals surface area (Å²) < 4.78 is 5.52. The topological polar surface area (TPSA) is 26.3 Å². The van der Waals surface area contributed by atoms with Crippen LogP contribution in [0.5, 0.6) is 0 Å². The Bertz CT molecular complexity index is 215. The molecule has 2 nitrogen and oxygen atoms in total. The number of hydrogen-bond donors (Lipinski definition) is 0. The number of hydrogen-bond acceptors (Lipinski definition) is 2. The van der Waals surface area contributed by atoms with Crippen LogP contribution in [0.15, 0.2) is 0 Å². The van der Waals surface area contributed by atoms with Gasteiger partial charge in [0.05, 0.1) is 5.41 Å². The van der Waals surface area contributed by atoms with E-state index in [1.165, 1.54) is 6.42 Å². The summed E-state index contributed by atoms with van der Waals surface area (Å²) in [5.41, 5.74) is -0.740. The van der Waals surface area contributed by atoms with Gasteiger partial charge in [0.1, 0.15) is 5.60 Å². The largest absolute Gasteiger partial charge is 0.459 e. The molecule has 0 aliphatic carbocycles. The van der Waals surface area contributed by atoms with Crippen molar-refractivity contribution in [1.29, 1.82) is 0 Å². The summed E-state index contributed by atoms with van der Waals surface area (Å²) in [6.45, 7) is 18.1. The molecular formula is C15H32O2. The number of carbonyl (C=O) groups is 1. The Morgan fingerprint density at radius 2 is 1.41 bits per heavy atom. The number of esters is 1. The molecule has 0 heterocycles. The maximum atomic E-state index is 11.8. The van der Waals surface area contributed by atoms with Crippen LogP contribution in [-0.4, -0.2) is 11.6 Å². The van der Waals surface area contributed by atoms with Crippen molar-refractivity contribution < 1.29 is 9.53 Å². The minimum atomic E-state index is -0.372. The summed E-state index contributed by atoms with van der Waals surface area (Å²) in [7, 11) is 0. The van der Waals surface area contributed by atoms with Crippen molar-refractivity contribution in [2.45, 2.75) is 80.8 Å². The zero-order chi connectivity index (χ0) is 14.3. The first-order valence-electron chi connectivity index (χ1n) is 6.78. The first kappa shape index (κ1) is 18.8. The van der Waals surface area contributed by atoms with E-state index < -0.39 is 0 Å². The highest BCUT2D eigenvalue weighted by Crippen LogP contribution is 2.28. The molecule has 0 N–H and O–H groups in total. The second-order valence-electron chi connectivity index (χ2n) is 6.09. The zero-order valence-electron chi connectivity index (χ0n) is 13.3. The third-order valence-corrected chi connectivity index (χ3v) is 3.18. The van der Waals surface area contributed by atoms with Crippen LogP contribution in [0.2, 0.25) is 0 Å². The fourth-order valence-corrected chi connectivity index (χ4v) is 0.639. The lowest BCUT2D eigenvalue weighted by Crippen LogP contribution is -2.38. The van der Waals surface area contributed by atoms with E-state index in [2.05, 4.69) is 27.7 Å². The van der Waals surface area contributed by atoms with Gasteiger partial charge in [0, 0.05) is 0 Å². The summed E-state index contributed by atoms with van der Waals surface area (Å²) in [4.78, 5) is 11.8. The molecule has 0 amide bonds. The normalized spacial score (nSPS) is 11.9. The SMILES string of the molecule is CCC.CCC(C)(C)C(=O)OC(C)(C)C(C)C. The highest BCUT2D eigenvalue weighted by molar-refractivity contribution is 5.76. The van der Waals surface area contributed by atoms with Crippen molar-refractivity contribution in [3.63, 3.8) is 0 Å². The molecule has 0 unspecified atom stereocenters. The van der Waals surface area contributed by atoms with Crippen molar-refractivity contribution in [1.82, 2.24) is 0 Å². The standard InChI is InChI=1S/C12H24O2.C3H8/c1-8-11(4,5)10(13)14-12(6,7)9(2)3;1-3-2/h9H,8H2,1-7H3;3H2,1-2H3. The van der Waals surface area contributed by atoms with Gasteiger partial charge < -0.3 is 4.74 Å². The molecule has 0 fully saturated rings. The first-order valence-corrected chi connectivity index (χ1v) is 6.78. The molecule has 0 radical (unpaired) electrons. The zero-order valence-corrected chi connectivity index (χ0v) is 13.3. The Labute approximate surface area is 108 Å². The van der Waals surface area contributed by atoms with Gasteiger partial charge >= 0.3 is 5.97 Å². The molecule has 17 heavy (non-hydrogen) atoms. The van der Waals surface area contributed by atoms with Gasteiger partial charge in [-0.25, -0.2) is 0 Å². The van der Waals surface area contributed by atoms with Crippen molar-refractivity contribution >= 4 is 5.97 Å². The van der Waals surface area contributed by atoms with Crippen molar-refractivity contribution in [3.8, 4) is 0 Å². The van der Waals surface area contributed by atoms with Crippen molar-refractivity contribution in [2.75, 3.05) is 0 Å². The van der Waals surface area contributed by atoms with E-state index in [4.69, 9.17) is 4.74 Å². The highest BCUT2D eigenvalue weighted by atomic mass is 16.6. The Morgan fingerprint density at radius 1 is 1.06 bits per heavy atom. The Kier molecular flexibility index (Phi) is 8.56. The van der Waals surface area contributed by atoms with Gasteiger partial charge in [0.25, 0.3) is 0 Å². The van der Waals surface area contributed by atoms with Crippen LogP contribution in [0.25, 0.3) is 0 Å². The van der Waals surface area contributed by atoms with Crippen LogP contribution < -0.4 is 0 Å². The molecule has 2 heteroatoms. The lowest BCUT2D eigenvalue weighted by Gasteiger charge is -2.33. The van der Waals surface area contributed by atoms with E-state index in [-0.39, 0.29) is 17.0 Å². The molecule has 0 atom stereocenters. The molecule has 0 saturated carbocycles. The molecular weight excluding hydrogens is 212 g/mol. The summed E-state index contributed by atoms with van der Waals surface area (Å²) in [6, 6.07) is 0. The van der Waals surface area contributed by atoms with Crippen LogP contribution in [0.1, 0.15) is 75.2 Å². The van der Waals surface area contributed by atoms with E-state index in [9.17, 15) is 4.79 Å². The van der Waals surface area contributed by atoms with Crippen LogP contribution in [0.3, 0.4) is 0 Å². The monoisotopic (exact) mass is 244 g/mol. The Hall–Kier alpha value is -0.530. The molecule has 0 spiro atoms. The van der Waals surface area contributed by atoms with Gasteiger partial charge in [-0.1, -0.05) is 41.0 Å². The minimum absolute atomic E-state index is 0.0984. The fourth-order valence-electron chi connectivity index (χ4n) is 0.639. The smallest absolute Gasteiger partial charge is 0.312 e. The number of ether oxygens (including phenoxy) is 1. The maximum Gasteiger partial charge on any atom is 0.312 e. The molecule has 0 bridgehead atoms. The van der Waals surface area contributed by atoms with Crippen molar-refractivity contribution in [3.05, 3.63) is 0 Å². The third-order valence-electron chi connectivity index (χ3n) is 3.18. The molecule has 0 saturated heterocycles. The van der Waals surface area contributed by atoms with E-state index in [0.717, 1.165) is 6.42 Å². The van der Waals surface area contributed by atoms with E-state index in [0.29, 0.717) is 5.92 Å². The van der Waals surface area contributed by atoms with E-state index in [1.807, 2.05) is 34.6 Å². The Morgan fingerprint density at radius 3 is 1.65 bits per heavy atom. The van der Waals surface area contributed by atoms with Crippen LogP contribution in [0.4, 0.5) is 0 Å². The number of carbonyl (C=O) groups excluding carboxylic acids is 1. The molecule has 104 valence electrons. The van der Waals surface area contributed by atoms with E-state index in [1.54, 1.807) is 0 Å². The van der Waals surface area contributed by atoms with Crippen LogP contribution in [0, 0.1) is 11.3 Å². The summed E-state index contributed by atoms with van der Waals surface area (Å²) >= 11 is 0. The van der Waals surface area contributed by atoms with Gasteiger partial charge in [-0.15, -0.1) is 0 Å². The molecule has 0 aromatic heterocycles. The average Bonchev–Trinajstić information content (AvgIpc) is 2.18. The first-order chi connectivity index (χ1) is 7.55. The molecule has 0 aromatic carbocycles. The molecule has 0 aliphatic rings. The Balaban J connectivity index is 0. The quantitative estimate of drug-likeness (QED) is 0.663. The lowest BCUT2D eigenvalue weighted by atomic mass is 9.89. The molecule has 0 rings (SSSR count). The predicted octanol–water partition coefficient (Wildman–Crippen LogP) is 4.82. The second kappa shape index (κ2) is 7.73. The summed E-state index contributed by atoms with van der Waals surface area (Å²) in [5.74, 6) is 0.234. The average molecular weight is 244 g/mol. The van der Waals surface area contributed by atoms with Gasteiger partial charge in [-0.2, -0.15) is 0 Å². The van der Waals surface area contributed by atoms with Crippen LogP contribution >= 0.6 is 0 Å². The van der Waals surface area contributed by atoms with Crippen LogP contribution in [-0.2, 0) is 9.53 Å². The summed E-state index contributed by atoms with van der Waals surface area (Å²) in [5, 5.41) is 0. The summed E-state index contributed by atoms with van der Waals surface area (Å²) in [6.07, 6.45) is 2.06. The minimum Gasteiger partial charge on any atom is -0.459 e. The van der Waals surface area contributed by atoms with Gasteiger partial charge in [0.15, 0.2) is 0 Å². The molecule has 0 aliphatic heterocycles.